The summed E-state index contributed by atoms with van der Waals surface area (Å²) < 4.78 is 26.6. The van der Waals surface area contributed by atoms with E-state index in [1.165, 1.54) is 43.2 Å². The minimum Gasteiger partial charge on any atom is -0.385 e. The van der Waals surface area contributed by atoms with Gasteiger partial charge < -0.3 is 10.6 Å². The molecule has 5 rings (SSSR count). The lowest BCUT2D eigenvalue weighted by atomic mass is 9.97. The Labute approximate surface area is 226 Å². The molecule has 2 heterocycles. The van der Waals surface area contributed by atoms with Gasteiger partial charge in [0.2, 0.25) is 5.91 Å². The lowest BCUT2D eigenvalue weighted by Gasteiger charge is -2.28. The first-order valence-electron chi connectivity index (χ1n) is 11.2. The summed E-state index contributed by atoms with van der Waals surface area (Å²) in [6.45, 7) is 0.870. The molecule has 4 amide bonds. The van der Waals surface area contributed by atoms with Crippen LogP contribution in [-0.4, -0.2) is 32.8 Å². The lowest BCUT2D eigenvalue weighted by Crippen LogP contribution is -2.42. The van der Waals surface area contributed by atoms with Crippen molar-refractivity contribution in [2.75, 3.05) is 22.1 Å². The van der Waals surface area contributed by atoms with E-state index in [2.05, 4.69) is 10.6 Å². The molecule has 192 valence electrons. The van der Waals surface area contributed by atoms with Crippen molar-refractivity contribution in [1.29, 1.82) is 0 Å². The molecule has 2 aromatic carbocycles. The Morgan fingerprint density at radius 1 is 1.03 bits per heavy atom. The zero-order valence-electron chi connectivity index (χ0n) is 19.1. The molecule has 1 saturated carbocycles. The van der Waals surface area contributed by atoms with Gasteiger partial charge in [-0.05, 0) is 72.9 Å². The number of fused-ring (bicyclic) bond motifs is 1. The maximum absolute atomic E-state index is 13.2. The van der Waals surface area contributed by atoms with Crippen LogP contribution in [0, 0.1) is 5.92 Å². The summed E-state index contributed by atoms with van der Waals surface area (Å²) >= 11 is 13.0. The fourth-order valence-electron chi connectivity index (χ4n) is 3.90. The summed E-state index contributed by atoms with van der Waals surface area (Å²) in [5.74, 6) is -0.246. The second-order valence-electron chi connectivity index (χ2n) is 8.69. The Morgan fingerprint density at radius 2 is 1.78 bits per heavy atom. The summed E-state index contributed by atoms with van der Waals surface area (Å²) in [6.07, 6.45) is 2.46. The number of imide groups is 1. The SMILES string of the molecule is O=C(Nc1ccc(N2C(=O)Cc3cc(NCC4CC4)ccc3C2=O)c(Cl)c1)NS(=O)(=O)c1ccc(Cl)s1. The van der Waals surface area contributed by atoms with Crippen LogP contribution in [0.4, 0.5) is 21.9 Å². The maximum atomic E-state index is 13.2. The minimum atomic E-state index is -4.11. The normalized spacial score (nSPS) is 15.4. The van der Waals surface area contributed by atoms with E-state index in [1.54, 1.807) is 6.07 Å². The molecule has 0 bridgehead atoms. The second-order valence-corrected chi connectivity index (χ2v) is 12.7. The molecular formula is C24H20Cl2N4O5S2. The molecule has 0 spiro atoms. The molecule has 37 heavy (non-hydrogen) atoms. The smallest absolute Gasteiger partial charge is 0.333 e. The monoisotopic (exact) mass is 578 g/mol. The standard InChI is InChI=1S/C24H20Cl2N4O5S2/c25-18-11-16(28-24(33)29-37(34,35)22-8-7-20(26)36-22)4-6-19(18)30-21(31)10-14-9-15(27-12-13-1-2-13)3-5-17(14)23(30)32/h3-9,11,13,27H,1-2,10,12H2,(H2,28,29,33). The van der Waals surface area contributed by atoms with E-state index in [9.17, 15) is 22.8 Å². The summed E-state index contributed by atoms with van der Waals surface area (Å²) in [7, 11) is -4.11. The predicted molar refractivity (Wildman–Crippen MR) is 143 cm³/mol. The van der Waals surface area contributed by atoms with Crippen molar-refractivity contribution < 1.29 is 22.8 Å². The van der Waals surface area contributed by atoms with Crippen LogP contribution in [0.3, 0.4) is 0 Å². The molecule has 3 aromatic rings. The van der Waals surface area contributed by atoms with Crippen LogP contribution in [-0.2, 0) is 21.2 Å². The summed E-state index contributed by atoms with van der Waals surface area (Å²) in [4.78, 5) is 39.4. The number of rotatable bonds is 7. The van der Waals surface area contributed by atoms with E-state index in [0.717, 1.165) is 28.5 Å². The zero-order chi connectivity index (χ0) is 26.3. The van der Waals surface area contributed by atoms with Gasteiger partial charge in [0.1, 0.15) is 4.21 Å². The molecule has 9 nitrogen and oxygen atoms in total. The van der Waals surface area contributed by atoms with Gasteiger partial charge in [0.05, 0.1) is 21.5 Å². The Balaban J connectivity index is 1.29. The highest BCUT2D eigenvalue weighted by molar-refractivity contribution is 7.92. The van der Waals surface area contributed by atoms with Crippen molar-refractivity contribution in [3.05, 3.63) is 69.0 Å². The Bertz CT molecular complexity index is 1540. The van der Waals surface area contributed by atoms with Gasteiger partial charge in [-0.3, -0.25) is 9.59 Å². The van der Waals surface area contributed by atoms with Crippen molar-refractivity contribution in [2.24, 2.45) is 5.92 Å². The highest BCUT2D eigenvalue weighted by Gasteiger charge is 2.33. The van der Waals surface area contributed by atoms with Crippen molar-refractivity contribution in [3.63, 3.8) is 0 Å². The number of hydrogen-bond donors (Lipinski definition) is 3. The Morgan fingerprint density at radius 3 is 2.46 bits per heavy atom. The molecule has 0 atom stereocenters. The minimum absolute atomic E-state index is 0.0264. The quantitative estimate of drug-likeness (QED) is 0.334. The molecule has 1 aliphatic carbocycles. The number of nitrogens with zero attached hydrogens (tertiary/aromatic N) is 1. The first-order chi connectivity index (χ1) is 17.6. The third kappa shape index (κ3) is 5.59. The van der Waals surface area contributed by atoms with Crippen LogP contribution in [0.1, 0.15) is 28.8 Å². The molecule has 0 unspecified atom stereocenters. The van der Waals surface area contributed by atoms with Gasteiger partial charge in [0, 0.05) is 23.5 Å². The molecule has 0 radical (unpaired) electrons. The number of halogens is 2. The van der Waals surface area contributed by atoms with Gasteiger partial charge in [-0.2, -0.15) is 0 Å². The van der Waals surface area contributed by atoms with Gasteiger partial charge in [0.15, 0.2) is 0 Å². The van der Waals surface area contributed by atoms with Crippen LogP contribution in [0.2, 0.25) is 9.36 Å². The number of hydrogen-bond acceptors (Lipinski definition) is 7. The number of carbonyl (C=O) groups is 3. The zero-order valence-corrected chi connectivity index (χ0v) is 22.2. The molecule has 0 saturated heterocycles. The first kappa shape index (κ1) is 25.5. The molecule has 2 aliphatic rings. The molecule has 13 heteroatoms. The highest BCUT2D eigenvalue weighted by atomic mass is 35.5. The third-order valence-corrected chi connectivity index (χ3v) is 9.27. The summed E-state index contributed by atoms with van der Waals surface area (Å²) in [5, 5.41) is 5.75. The van der Waals surface area contributed by atoms with Gasteiger partial charge in [0.25, 0.3) is 15.9 Å². The van der Waals surface area contributed by atoms with Gasteiger partial charge in [-0.1, -0.05) is 23.2 Å². The van der Waals surface area contributed by atoms with Crippen molar-refractivity contribution >= 4 is 79.5 Å². The first-order valence-corrected chi connectivity index (χ1v) is 14.3. The van der Waals surface area contributed by atoms with Crippen molar-refractivity contribution in [2.45, 2.75) is 23.5 Å². The largest absolute Gasteiger partial charge is 0.385 e. The number of amides is 4. The van der Waals surface area contributed by atoms with E-state index < -0.39 is 27.9 Å². The van der Waals surface area contributed by atoms with E-state index in [4.69, 9.17) is 23.2 Å². The molecule has 3 N–H and O–H groups in total. The number of urea groups is 1. The van der Waals surface area contributed by atoms with E-state index in [-0.39, 0.29) is 31.4 Å². The lowest BCUT2D eigenvalue weighted by molar-refractivity contribution is -0.117. The van der Waals surface area contributed by atoms with Crippen molar-refractivity contribution in [1.82, 2.24) is 4.72 Å². The number of benzene rings is 2. The van der Waals surface area contributed by atoms with Crippen LogP contribution in [0.15, 0.2) is 52.7 Å². The van der Waals surface area contributed by atoms with Gasteiger partial charge >= 0.3 is 6.03 Å². The fourth-order valence-corrected chi connectivity index (χ4v) is 6.55. The maximum Gasteiger partial charge on any atom is 0.333 e. The van der Waals surface area contributed by atoms with Crippen LogP contribution in [0.5, 0.6) is 0 Å². The Kier molecular flexibility index (Phi) is 6.88. The summed E-state index contributed by atoms with van der Waals surface area (Å²) in [6, 6.07) is 11.2. The van der Waals surface area contributed by atoms with E-state index >= 15 is 0 Å². The van der Waals surface area contributed by atoms with E-state index in [0.29, 0.717) is 17.0 Å². The molecular weight excluding hydrogens is 559 g/mol. The van der Waals surface area contributed by atoms with Gasteiger partial charge in [-0.25, -0.2) is 22.8 Å². The Hall–Kier alpha value is -3.12. The van der Waals surface area contributed by atoms with Crippen LogP contribution in [0.25, 0.3) is 0 Å². The third-order valence-electron chi connectivity index (χ3n) is 5.91. The van der Waals surface area contributed by atoms with Gasteiger partial charge in [-0.15, -0.1) is 11.3 Å². The number of thiophene rings is 1. The number of carbonyl (C=O) groups excluding carboxylic acids is 3. The predicted octanol–water partition coefficient (Wildman–Crippen LogP) is 5.12. The summed E-state index contributed by atoms with van der Waals surface area (Å²) in [5.41, 5.74) is 2.24. The van der Waals surface area contributed by atoms with Crippen LogP contribution < -0.4 is 20.3 Å². The van der Waals surface area contributed by atoms with Crippen LogP contribution >= 0.6 is 34.5 Å². The van der Waals surface area contributed by atoms with Crippen molar-refractivity contribution in [3.8, 4) is 0 Å². The second kappa shape index (κ2) is 9.97. The molecule has 1 fully saturated rings. The average Bonchev–Trinajstić information content (AvgIpc) is 3.55. The topological polar surface area (TPSA) is 125 Å². The number of anilines is 3. The number of nitrogens with one attached hydrogen (secondary N) is 3. The fraction of sp³-hybridized carbons (Fsp3) is 0.208. The molecule has 1 aliphatic heterocycles. The molecule has 1 aromatic heterocycles. The average molecular weight is 579 g/mol. The highest BCUT2D eigenvalue weighted by Crippen LogP contribution is 2.34. The number of sulfonamides is 1. The van der Waals surface area contributed by atoms with E-state index in [1.807, 2.05) is 16.9 Å².